The van der Waals surface area contributed by atoms with Gasteiger partial charge in [-0.15, -0.1) is 0 Å². The maximum atomic E-state index is 13.4. The molecule has 0 aromatic heterocycles. The van der Waals surface area contributed by atoms with Crippen LogP contribution in [0.3, 0.4) is 0 Å². The molecule has 1 saturated heterocycles. The minimum Gasteiger partial charge on any atom is -0.385 e. The molecule has 170 valence electrons. The Hall–Kier alpha value is -1.61. The van der Waals surface area contributed by atoms with Gasteiger partial charge in [0.15, 0.2) is 0 Å². The van der Waals surface area contributed by atoms with Gasteiger partial charge in [-0.3, -0.25) is 0 Å². The molecule has 0 radical (unpaired) electrons. The van der Waals surface area contributed by atoms with Crippen molar-refractivity contribution in [2.75, 3.05) is 13.1 Å². The molecule has 0 aliphatic carbocycles. The minimum atomic E-state index is -4.65. The van der Waals surface area contributed by atoms with E-state index in [-0.39, 0.29) is 36.4 Å². The predicted molar refractivity (Wildman–Crippen MR) is 114 cm³/mol. The van der Waals surface area contributed by atoms with E-state index in [2.05, 4.69) is 0 Å². The average Bonchev–Trinajstić information content (AvgIpc) is 2.66. The topological polar surface area (TPSA) is 57.6 Å². The summed E-state index contributed by atoms with van der Waals surface area (Å²) in [5, 5.41) is 10.6. The van der Waals surface area contributed by atoms with E-state index in [0.29, 0.717) is 11.1 Å². The zero-order chi connectivity index (χ0) is 23.4. The molecule has 0 unspecified atom stereocenters. The zero-order valence-electron chi connectivity index (χ0n) is 17.8. The molecule has 9 heteroatoms. The summed E-state index contributed by atoms with van der Waals surface area (Å²) in [7, 11) is -3.82. The van der Waals surface area contributed by atoms with Gasteiger partial charge in [0.1, 0.15) is 0 Å². The van der Waals surface area contributed by atoms with Crippen molar-refractivity contribution >= 4 is 21.6 Å². The number of alkyl halides is 3. The number of nitrogens with zero attached hydrogens (tertiary/aromatic N) is 1. The lowest BCUT2D eigenvalue weighted by atomic mass is 9.84. The number of hydrogen-bond acceptors (Lipinski definition) is 3. The predicted octanol–water partition coefficient (Wildman–Crippen LogP) is 5.26. The first kappa shape index (κ1) is 24.0. The molecule has 4 nitrogen and oxygen atoms in total. The van der Waals surface area contributed by atoms with Gasteiger partial charge in [0.05, 0.1) is 21.1 Å². The maximum absolute atomic E-state index is 13.4. The molecular formula is C22H25ClF3NO3S. The van der Waals surface area contributed by atoms with E-state index in [9.17, 15) is 26.7 Å². The highest BCUT2D eigenvalue weighted by molar-refractivity contribution is 7.89. The van der Waals surface area contributed by atoms with Gasteiger partial charge in [0.2, 0.25) is 10.0 Å². The van der Waals surface area contributed by atoms with Crippen molar-refractivity contribution in [3.8, 4) is 0 Å². The highest BCUT2D eigenvalue weighted by atomic mass is 35.5. The lowest BCUT2D eigenvalue weighted by Gasteiger charge is -2.38. The van der Waals surface area contributed by atoms with Crippen LogP contribution in [0.1, 0.15) is 46.2 Å². The maximum Gasteiger partial charge on any atom is 0.417 e. The van der Waals surface area contributed by atoms with Crippen molar-refractivity contribution in [1.82, 2.24) is 4.31 Å². The highest BCUT2D eigenvalue weighted by Crippen LogP contribution is 2.41. The van der Waals surface area contributed by atoms with Crippen LogP contribution in [0.2, 0.25) is 5.02 Å². The molecule has 0 atom stereocenters. The van der Waals surface area contributed by atoms with Gasteiger partial charge in [-0.25, -0.2) is 8.42 Å². The van der Waals surface area contributed by atoms with Gasteiger partial charge in [-0.2, -0.15) is 17.5 Å². The van der Waals surface area contributed by atoms with Crippen LogP contribution < -0.4 is 0 Å². The Morgan fingerprint density at radius 2 is 1.52 bits per heavy atom. The Morgan fingerprint density at radius 1 is 1.00 bits per heavy atom. The summed E-state index contributed by atoms with van der Waals surface area (Å²) < 4.78 is 67.7. The summed E-state index contributed by atoms with van der Waals surface area (Å²) in [6, 6.07) is 5.27. The van der Waals surface area contributed by atoms with E-state index < -0.39 is 32.4 Å². The molecule has 1 aliphatic rings. The second-order valence-electron chi connectivity index (χ2n) is 8.22. The third-order valence-corrected chi connectivity index (χ3v) is 8.76. The van der Waals surface area contributed by atoms with Crippen LogP contribution in [-0.2, 0) is 21.8 Å². The van der Waals surface area contributed by atoms with Crippen LogP contribution in [0.15, 0.2) is 29.2 Å². The molecule has 0 amide bonds. The van der Waals surface area contributed by atoms with Gasteiger partial charge in [0, 0.05) is 13.1 Å². The van der Waals surface area contributed by atoms with E-state index in [0.717, 1.165) is 23.3 Å². The summed E-state index contributed by atoms with van der Waals surface area (Å²) in [6.45, 7) is 7.23. The smallest absolute Gasteiger partial charge is 0.385 e. The minimum absolute atomic E-state index is 0.00528. The number of halogens is 4. The fourth-order valence-electron chi connectivity index (χ4n) is 4.11. The van der Waals surface area contributed by atoms with E-state index in [4.69, 9.17) is 11.6 Å². The molecule has 3 rings (SSSR count). The second kappa shape index (κ2) is 8.06. The first-order chi connectivity index (χ1) is 14.2. The third-order valence-electron chi connectivity index (χ3n) is 6.25. The fourth-order valence-corrected chi connectivity index (χ4v) is 6.36. The Bertz CT molecular complexity index is 1100. The lowest BCUT2D eigenvalue weighted by Crippen LogP contribution is -2.45. The van der Waals surface area contributed by atoms with Crippen molar-refractivity contribution in [3.63, 3.8) is 0 Å². The molecule has 1 heterocycles. The van der Waals surface area contributed by atoms with Gasteiger partial charge in [-0.1, -0.05) is 23.7 Å². The van der Waals surface area contributed by atoms with Gasteiger partial charge >= 0.3 is 6.18 Å². The number of rotatable bonds is 3. The van der Waals surface area contributed by atoms with E-state index in [1.807, 2.05) is 19.9 Å². The quantitative estimate of drug-likeness (QED) is 0.658. The molecule has 0 saturated carbocycles. The average molecular weight is 476 g/mol. The van der Waals surface area contributed by atoms with Gasteiger partial charge in [0.25, 0.3) is 0 Å². The molecule has 1 aliphatic heterocycles. The van der Waals surface area contributed by atoms with Gasteiger partial charge in [-0.05, 0) is 80.5 Å². The van der Waals surface area contributed by atoms with Crippen LogP contribution >= 0.6 is 11.6 Å². The van der Waals surface area contributed by atoms with Crippen molar-refractivity contribution in [3.05, 3.63) is 62.7 Å². The Morgan fingerprint density at radius 3 is 2.00 bits per heavy atom. The first-order valence-corrected chi connectivity index (χ1v) is 11.7. The van der Waals surface area contributed by atoms with Crippen molar-refractivity contribution in [2.45, 2.75) is 57.2 Å². The normalized spacial score (nSPS) is 17.7. The van der Waals surface area contributed by atoms with Crippen LogP contribution in [0, 0.1) is 27.7 Å². The summed E-state index contributed by atoms with van der Waals surface area (Å²) in [6.07, 6.45) is -4.69. The van der Waals surface area contributed by atoms with E-state index >= 15 is 0 Å². The van der Waals surface area contributed by atoms with Crippen LogP contribution in [0.25, 0.3) is 0 Å². The SMILES string of the molecule is Cc1cc(C)c(C)c(S(=O)(=O)N2CCC(O)(c3ccc(Cl)c(C(F)(F)F)c3)CC2)c1C. The summed E-state index contributed by atoms with van der Waals surface area (Å²) in [5.74, 6) is 0. The Kier molecular flexibility index (Phi) is 6.25. The number of aryl methyl sites for hydroxylation is 2. The highest BCUT2D eigenvalue weighted by Gasteiger charge is 2.41. The Labute approximate surface area is 185 Å². The Balaban J connectivity index is 1.91. The van der Waals surface area contributed by atoms with E-state index in [1.54, 1.807) is 13.8 Å². The third kappa shape index (κ3) is 4.35. The molecule has 2 aromatic rings. The van der Waals surface area contributed by atoms with E-state index in [1.165, 1.54) is 10.4 Å². The largest absolute Gasteiger partial charge is 0.417 e. The van der Waals surface area contributed by atoms with Crippen LogP contribution in [0.5, 0.6) is 0 Å². The number of benzene rings is 2. The summed E-state index contributed by atoms with van der Waals surface area (Å²) >= 11 is 5.68. The molecule has 2 aromatic carbocycles. The van der Waals surface area contributed by atoms with Crippen LogP contribution in [-0.4, -0.2) is 30.9 Å². The summed E-state index contributed by atoms with van der Waals surface area (Å²) in [4.78, 5) is 0.265. The van der Waals surface area contributed by atoms with Crippen molar-refractivity contribution in [1.29, 1.82) is 0 Å². The summed E-state index contributed by atoms with van der Waals surface area (Å²) in [5.41, 5.74) is 0.597. The lowest BCUT2D eigenvalue weighted by molar-refractivity contribution is -0.137. The molecule has 31 heavy (non-hydrogen) atoms. The number of piperidine rings is 1. The zero-order valence-corrected chi connectivity index (χ0v) is 19.3. The van der Waals surface area contributed by atoms with Crippen molar-refractivity contribution < 1.29 is 26.7 Å². The number of sulfonamides is 1. The molecule has 1 fully saturated rings. The fraction of sp³-hybridized carbons (Fsp3) is 0.455. The molecule has 0 bridgehead atoms. The monoisotopic (exact) mass is 475 g/mol. The number of aliphatic hydroxyl groups is 1. The second-order valence-corrected chi connectivity index (χ2v) is 10.5. The van der Waals surface area contributed by atoms with Crippen LogP contribution in [0.4, 0.5) is 13.2 Å². The first-order valence-electron chi connectivity index (χ1n) is 9.85. The van der Waals surface area contributed by atoms with Gasteiger partial charge < -0.3 is 5.11 Å². The van der Waals surface area contributed by atoms with Crippen molar-refractivity contribution in [2.24, 2.45) is 0 Å². The molecule has 0 spiro atoms. The standard InChI is InChI=1S/C22H25ClF3NO3S/c1-13-11-14(2)16(4)20(15(13)3)31(29,30)27-9-7-21(28,8-10-27)17-5-6-19(23)18(12-17)22(24,25)26/h5-6,11-12,28H,7-10H2,1-4H3. The molecule has 1 N–H and O–H groups in total. The number of hydrogen-bond donors (Lipinski definition) is 1. The molecular weight excluding hydrogens is 451 g/mol.